The van der Waals surface area contributed by atoms with E-state index in [1.165, 1.54) is 0 Å². The molecule has 1 aromatic heterocycles. The SMILES string of the molecule is CCCS(=O)(=O)Nc1cccc(C(=O)Nc2ccc3c(ccn3CCN(CC)CC)c2)c1. The second-order valence-corrected chi connectivity index (χ2v) is 9.61. The molecule has 2 aromatic carbocycles. The maximum Gasteiger partial charge on any atom is 0.255 e. The Morgan fingerprint density at radius 3 is 2.50 bits per heavy atom. The molecule has 0 atom stereocenters. The molecule has 32 heavy (non-hydrogen) atoms. The lowest BCUT2D eigenvalue weighted by molar-refractivity contribution is 0.102. The van der Waals surface area contributed by atoms with Gasteiger partial charge in [0.15, 0.2) is 0 Å². The van der Waals surface area contributed by atoms with Crippen LogP contribution in [0.4, 0.5) is 11.4 Å². The van der Waals surface area contributed by atoms with Gasteiger partial charge in [0.25, 0.3) is 5.91 Å². The number of hydrogen-bond acceptors (Lipinski definition) is 4. The van der Waals surface area contributed by atoms with Crippen LogP contribution in [-0.4, -0.2) is 49.2 Å². The summed E-state index contributed by atoms with van der Waals surface area (Å²) in [6.45, 7) is 10.1. The summed E-state index contributed by atoms with van der Waals surface area (Å²) in [5.41, 5.74) is 2.59. The van der Waals surface area contributed by atoms with Crippen molar-refractivity contribution in [2.75, 3.05) is 35.4 Å². The molecule has 0 spiro atoms. The Hall–Kier alpha value is -2.84. The van der Waals surface area contributed by atoms with Crippen LogP contribution < -0.4 is 10.0 Å². The van der Waals surface area contributed by atoms with Crippen molar-refractivity contribution < 1.29 is 13.2 Å². The Morgan fingerprint density at radius 1 is 1.00 bits per heavy atom. The molecule has 3 rings (SSSR count). The van der Waals surface area contributed by atoms with Crippen molar-refractivity contribution in [3.05, 3.63) is 60.3 Å². The zero-order valence-corrected chi connectivity index (χ0v) is 19.8. The number of anilines is 2. The third-order valence-electron chi connectivity index (χ3n) is 5.45. The van der Waals surface area contributed by atoms with Crippen molar-refractivity contribution in [2.45, 2.75) is 33.7 Å². The smallest absolute Gasteiger partial charge is 0.255 e. The number of carbonyl (C=O) groups is 1. The van der Waals surface area contributed by atoms with E-state index in [4.69, 9.17) is 0 Å². The number of hydrogen-bond donors (Lipinski definition) is 2. The molecule has 0 unspecified atom stereocenters. The van der Waals surface area contributed by atoms with Crippen molar-refractivity contribution in [3.8, 4) is 0 Å². The van der Waals surface area contributed by atoms with Gasteiger partial charge in [-0.15, -0.1) is 0 Å². The van der Waals surface area contributed by atoms with Gasteiger partial charge in [-0.3, -0.25) is 9.52 Å². The van der Waals surface area contributed by atoms with E-state index in [2.05, 4.69) is 45.6 Å². The average Bonchev–Trinajstić information content (AvgIpc) is 3.16. The molecule has 8 heteroatoms. The van der Waals surface area contributed by atoms with Gasteiger partial charge in [0.05, 0.1) is 5.75 Å². The number of nitrogens with one attached hydrogen (secondary N) is 2. The maximum absolute atomic E-state index is 12.7. The first-order valence-corrected chi connectivity index (χ1v) is 12.7. The predicted molar refractivity (Wildman–Crippen MR) is 132 cm³/mol. The third kappa shape index (κ3) is 6.11. The minimum atomic E-state index is -3.41. The molecule has 7 nitrogen and oxygen atoms in total. The van der Waals surface area contributed by atoms with Gasteiger partial charge in [-0.1, -0.05) is 26.8 Å². The molecule has 1 amide bonds. The van der Waals surface area contributed by atoms with E-state index in [-0.39, 0.29) is 11.7 Å². The second kappa shape index (κ2) is 10.7. The Bertz CT molecular complexity index is 1170. The molecule has 0 bridgehead atoms. The largest absolute Gasteiger partial charge is 0.346 e. The van der Waals surface area contributed by atoms with Crippen LogP contribution in [0.5, 0.6) is 0 Å². The van der Waals surface area contributed by atoms with Crippen molar-refractivity contribution in [1.29, 1.82) is 0 Å². The van der Waals surface area contributed by atoms with Crippen molar-refractivity contribution in [2.24, 2.45) is 0 Å². The summed E-state index contributed by atoms with van der Waals surface area (Å²) in [7, 11) is -3.41. The first-order chi connectivity index (χ1) is 15.3. The molecule has 1 heterocycles. The number of rotatable bonds is 11. The summed E-state index contributed by atoms with van der Waals surface area (Å²) in [5, 5.41) is 3.97. The van der Waals surface area contributed by atoms with E-state index in [0.717, 1.165) is 37.1 Å². The number of amides is 1. The van der Waals surface area contributed by atoms with Gasteiger partial charge in [-0.05, 0) is 62.0 Å². The molecule has 0 radical (unpaired) electrons. The number of fused-ring (bicyclic) bond motifs is 1. The highest BCUT2D eigenvalue weighted by atomic mass is 32.2. The lowest BCUT2D eigenvalue weighted by Gasteiger charge is -2.18. The summed E-state index contributed by atoms with van der Waals surface area (Å²) >= 11 is 0. The Morgan fingerprint density at radius 2 is 1.78 bits per heavy atom. The monoisotopic (exact) mass is 456 g/mol. The van der Waals surface area contributed by atoms with Gasteiger partial charge in [0.2, 0.25) is 10.0 Å². The highest BCUT2D eigenvalue weighted by molar-refractivity contribution is 7.92. The Labute approximate surface area is 190 Å². The third-order valence-corrected chi connectivity index (χ3v) is 6.94. The topological polar surface area (TPSA) is 83.4 Å². The van der Waals surface area contributed by atoms with Crippen LogP contribution >= 0.6 is 0 Å². The highest BCUT2D eigenvalue weighted by Crippen LogP contribution is 2.22. The van der Waals surface area contributed by atoms with Gasteiger partial charge >= 0.3 is 0 Å². The summed E-state index contributed by atoms with van der Waals surface area (Å²) < 4.78 is 28.7. The highest BCUT2D eigenvalue weighted by Gasteiger charge is 2.12. The zero-order valence-electron chi connectivity index (χ0n) is 19.0. The molecule has 0 saturated carbocycles. The number of nitrogens with zero attached hydrogens (tertiary/aromatic N) is 2. The normalized spacial score (nSPS) is 11.8. The molecule has 172 valence electrons. The summed E-state index contributed by atoms with van der Waals surface area (Å²) in [6, 6.07) is 14.4. The first-order valence-electron chi connectivity index (χ1n) is 11.1. The fourth-order valence-electron chi connectivity index (χ4n) is 3.69. The Balaban J connectivity index is 1.70. The molecular formula is C24H32N4O3S. The van der Waals surface area contributed by atoms with Crippen molar-refractivity contribution >= 4 is 38.2 Å². The van der Waals surface area contributed by atoms with Crippen LogP contribution in [0.25, 0.3) is 10.9 Å². The van der Waals surface area contributed by atoms with Gasteiger partial charge in [-0.25, -0.2) is 8.42 Å². The van der Waals surface area contributed by atoms with E-state index in [1.807, 2.05) is 18.2 Å². The first kappa shape index (κ1) is 23.8. The number of likely N-dealkylation sites (N-methyl/N-ethyl adjacent to an activating group) is 1. The molecule has 0 aliphatic rings. The number of benzene rings is 2. The number of carbonyl (C=O) groups excluding carboxylic acids is 1. The molecule has 0 fully saturated rings. The molecule has 0 saturated heterocycles. The predicted octanol–water partition coefficient (Wildman–Crippen LogP) is 4.39. The lowest BCUT2D eigenvalue weighted by atomic mass is 10.1. The average molecular weight is 457 g/mol. The fourth-order valence-corrected chi connectivity index (χ4v) is 4.81. The van der Waals surface area contributed by atoms with E-state index in [0.29, 0.717) is 23.4 Å². The van der Waals surface area contributed by atoms with Gasteiger partial charge < -0.3 is 14.8 Å². The van der Waals surface area contributed by atoms with Gasteiger partial charge in [-0.2, -0.15) is 0 Å². The van der Waals surface area contributed by atoms with Crippen LogP contribution in [-0.2, 0) is 16.6 Å². The summed E-state index contributed by atoms with van der Waals surface area (Å²) in [6.07, 6.45) is 2.60. The van der Waals surface area contributed by atoms with E-state index in [1.54, 1.807) is 31.2 Å². The van der Waals surface area contributed by atoms with Crippen LogP contribution in [0.15, 0.2) is 54.7 Å². The van der Waals surface area contributed by atoms with Gasteiger partial charge in [0, 0.05) is 47.1 Å². The molecule has 0 aliphatic heterocycles. The van der Waals surface area contributed by atoms with Crippen molar-refractivity contribution in [3.63, 3.8) is 0 Å². The summed E-state index contributed by atoms with van der Waals surface area (Å²) in [5.74, 6) is -0.250. The van der Waals surface area contributed by atoms with Gasteiger partial charge in [0.1, 0.15) is 0 Å². The van der Waals surface area contributed by atoms with Crippen LogP contribution in [0, 0.1) is 0 Å². The minimum absolute atomic E-state index is 0.0397. The van der Waals surface area contributed by atoms with E-state index in [9.17, 15) is 13.2 Å². The molecular weight excluding hydrogens is 424 g/mol. The fraction of sp³-hybridized carbons (Fsp3) is 0.375. The minimum Gasteiger partial charge on any atom is -0.346 e. The van der Waals surface area contributed by atoms with Crippen LogP contribution in [0.2, 0.25) is 0 Å². The molecule has 0 aliphatic carbocycles. The number of aromatic nitrogens is 1. The number of sulfonamides is 1. The zero-order chi connectivity index (χ0) is 23.1. The quantitative estimate of drug-likeness (QED) is 0.448. The van der Waals surface area contributed by atoms with Crippen LogP contribution in [0.1, 0.15) is 37.6 Å². The Kier molecular flexibility index (Phi) is 7.93. The standard InChI is InChI=1S/C24H32N4O3S/c1-4-16-32(30,31)26-22-9-7-8-20(18-22)24(29)25-21-10-11-23-19(17-21)12-13-28(23)15-14-27(5-2)6-3/h7-13,17-18,26H,4-6,14-16H2,1-3H3,(H,25,29). The van der Waals surface area contributed by atoms with Crippen LogP contribution in [0.3, 0.4) is 0 Å². The van der Waals surface area contributed by atoms with E-state index < -0.39 is 10.0 Å². The molecule has 2 N–H and O–H groups in total. The maximum atomic E-state index is 12.7. The summed E-state index contributed by atoms with van der Waals surface area (Å²) in [4.78, 5) is 15.1. The second-order valence-electron chi connectivity index (χ2n) is 7.77. The van der Waals surface area contributed by atoms with Crippen molar-refractivity contribution in [1.82, 2.24) is 9.47 Å². The van der Waals surface area contributed by atoms with E-state index >= 15 is 0 Å². The lowest BCUT2D eigenvalue weighted by Crippen LogP contribution is -2.26. The molecule has 3 aromatic rings.